The summed E-state index contributed by atoms with van der Waals surface area (Å²) in [6.07, 6.45) is 1.62. The molecule has 1 aromatic heterocycles. The maximum absolute atomic E-state index is 14.4. The van der Waals surface area contributed by atoms with Crippen molar-refractivity contribution in [1.82, 2.24) is 14.9 Å². The lowest BCUT2D eigenvalue weighted by Gasteiger charge is -2.16. The molecule has 0 fully saturated rings. The summed E-state index contributed by atoms with van der Waals surface area (Å²) in [7, 11) is 0. The van der Waals surface area contributed by atoms with Gasteiger partial charge in [-0.15, -0.1) is 0 Å². The van der Waals surface area contributed by atoms with E-state index in [4.69, 9.17) is 0 Å². The summed E-state index contributed by atoms with van der Waals surface area (Å²) < 4.78 is 28.9. The Bertz CT molecular complexity index is 1100. The van der Waals surface area contributed by atoms with Gasteiger partial charge in [-0.2, -0.15) is 0 Å². The lowest BCUT2D eigenvalue weighted by atomic mass is 10.2. The van der Waals surface area contributed by atoms with E-state index in [1.54, 1.807) is 24.3 Å². The van der Waals surface area contributed by atoms with Crippen molar-refractivity contribution in [2.75, 3.05) is 5.75 Å². The standard InChI is InChI=1S/C21H21F2N3O2S/c1-3-14(4-2)24-19(27)12-29-21-25-17-8-6-5-7-15(17)20(28)26(21)18-10-9-13(22)11-16(18)23/h5-11,14H,3-4,12H2,1-2H3,(H,24,27). The number of hydrogen-bond donors (Lipinski definition) is 1. The second kappa shape index (κ2) is 9.17. The molecule has 152 valence electrons. The number of para-hydroxylation sites is 1. The van der Waals surface area contributed by atoms with Gasteiger partial charge in [-0.1, -0.05) is 37.7 Å². The number of amides is 1. The van der Waals surface area contributed by atoms with E-state index in [0.717, 1.165) is 35.2 Å². The van der Waals surface area contributed by atoms with Crippen LogP contribution in [0.5, 0.6) is 0 Å². The first kappa shape index (κ1) is 21.0. The largest absolute Gasteiger partial charge is 0.353 e. The molecule has 29 heavy (non-hydrogen) atoms. The van der Waals surface area contributed by atoms with Gasteiger partial charge in [-0.25, -0.2) is 13.8 Å². The Morgan fingerprint density at radius 3 is 2.59 bits per heavy atom. The molecule has 0 aliphatic heterocycles. The SMILES string of the molecule is CCC(CC)NC(=O)CSc1nc2ccccc2c(=O)n1-c1ccc(F)cc1F. The number of thioether (sulfide) groups is 1. The molecular formula is C21H21F2N3O2S. The summed E-state index contributed by atoms with van der Waals surface area (Å²) in [5.41, 5.74) is -0.152. The fourth-order valence-corrected chi connectivity index (χ4v) is 3.79. The number of benzene rings is 2. The average Bonchev–Trinajstić information content (AvgIpc) is 2.71. The first-order valence-electron chi connectivity index (χ1n) is 9.34. The van der Waals surface area contributed by atoms with Gasteiger partial charge in [-0.3, -0.25) is 14.2 Å². The predicted octanol–water partition coefficient (Wildman–Crippen LogP) is 4.06. The summed E-state index contributed by atoms with van der Waals surface area (Å²) in [5.74, 6) is -1.80. The number of nitrogens with one attached hydrogen (secondary N) is 1. The molecule has 3 rings (SSSR count). The van der Waals surface area contributed by atoms with Crippen LogP contribution in [0.15, 0.2) is 52.4 Å². The van der Waals surface area contributed by atoms with Crippen molar-refractivity contribution in [2.24, 2.45) is 0 Å². The van der Waals surface area contributed by atoms with Gasteiger partial charge in [0.25, 0.3) is 5.56 Å². The Balaban J connectivity index is 2.03. The molecule has 0 bridgehead atoms. The molecule has 3 aromatic rings. The number of halogens is 2. The van der Waals surface area contributed by atoms with E-state index in [1.165, 1.54) is 6.07 Å². The van der Waals surface area contributed by atoms with Crippen molar-refractivity contribution in [1.29, 1.82) is 0 Å². The smallest absolute Gasteiger partial charge is 0.266 e. The zero-order chi connectivity index (χ0) is 21.0. The van der Waals surface area contributed by atoms with E-state index in [-0.39, 0.29) is 28.5 Å². The first-order valence-corrected chi connectivity index (χ1v) is 10.3. The van der Waals surface area contributed by atoms with E-state index in [2.05, 4.69) is 10.3 Å². The fraction of sp³-hybridized carbons (Fsp3) is 0.286. The van der Waals surface area contributed by atoms with Crippen LogP contribution in [-0.2, 0) is 4.79 Å². The molecule has 1 heterocycles. The topological polar surface area (TPSA) is 64.0 Å². The number of rotatable bonds is 7. The van der Waals surface area contributed by atoms with Gasteiger partial charge < -0.3 is 5.32 Å². The molecule has 0 spiro atoms. The Morgan fingerprint density at radius 2 is 1.90 bits per heavy atom. The van der Waals surface area contributed by atoms with Gasteiger partial charge >= 0.3 is 0 Å². The van der Waals surface area contributed by atoms with Crippen LogP contribution in [0, 0.1) is 11.6 Å². The van der Waals surface area contributed by atoms with Gasteiger partial charge in [0.1, 0.15) is 11.6 Å². The van der Waals surface area contributed by atoms with Crippen LogP contribution in [-0.4, -0.2) is 27.3 Å². The molecule has 1 N–H and O–H groups in total. The van der Waals surface area contributed by atoms with Gasteiger partial charge in [0, 0.05) is 12.1 Å². The molecule has 0 aliphatic rings. The fourth-order valence-electron chi connectivity index (χ4n) is 2.98. The van der Waals surface area contributed by atoms with Crippen molar-refractivity contribution in [2.45, 2.75) is 37.9 Å². The lowest BCUT2D eigenvalue weighted by molar-refractivity contribution is -0.119. The molecule has 0 unspecified atom stereocenters. The van der Waals surface area contributed by atoms with Gasteiger partial charge in [0.15, 0.2) is 5.16 Å². The zero-order valence-corrected chi connectivity index (χ0v) is 16.9. The van der Waals surface area contributed by atoms with Crippen molar-refractivity contribution >= 4 is 28.6 Å². The second-order valence-electron chi connectivity index (χ2n) is 6.52. The highest BCUT2D eigenvalue weighted by Crippen LogP contribution is 2.23. The number of hydrogen-bond acceptors (Lipinski definition) is 4. The third-order valence-electron chi connectivity index (χ3n) is 4.58. The van der Waals surface area contributed by atoms with E-state index in [0.29, 0.717) is 17.0 Å². The van der Waals surface area contributed by atoms with Crippen molar-refractivity contribution < 1.29 is 13.6 Å². The maximum Gasteiger partial charge on any atom is 0.266 e. The number of fused-ring (bicyclic) bond motifs is 1. The number of carbonyl (C=O) groups excluding carboxylic acids is 1. The minimum absolute atomic E-state index is 0.0180. The van der Waals surface area contributed by atoms with Crippen LogP contribution in [0.3, 0.4) is 0 Å². The van der Waals surface area contributed by atoms with E-state index in [9.17, 15) is 18.4 Å². The van der Waals surface area contributed by atoms with Crippen molar-refractivity contribution in [3.05, 3.63) is 64.5 Å². The zero-order valence-electron chi connectivity index (χ0n) is 16.1. The molecule has 0 atom stereocenters. The van der Waals surface area contributed by atoms with Crippen LogP contribution in [0.4, 0.5) is 8.78 Å². The Morgan fingerprint density at radius 1 is 1.17 bits per heavy atom. The maximum atomic E-state index is 14.4. The van der Waals surface area contributed by atoms with E-state index >= 15 is 0 Å². The third-order valence-corrected chi connectivity index (χ3v) is 5.52. The number of aromatic nitrogens is 2. The summed E-state index contributed by atoms with van der Waals surface area (Å²) >= 11 is 1.03. The van der Waals surface area contributed by atoms with E-state index in [1.807, 2.05) is 13.8 Å². The van der Waals surface area contributed by atoms with E-state index < -0.39 is 17.2 Å². The molecule has 1 amide bonds. The van der Waals surface area contributed by atoms with Gasteiger partial charge in [0.05, 0.1) is 22.3 Å². The molecule has 5 nitrogen and oxygen atoms in total. The lowest BCUT2D eigenvalue weighted by Crippen LogP contribution is -2.35. The van der Waals surface area contributed by atoms with Crippen molar-refractivity contribution in [3.63, 3.8) is 0 Å². The first-order chi connectivity index (χ1) is 13.9. The summed E-state index contributed by atoms with van der Waals surface area (Å²) in [6.45, 7) is 3.98. The average molecular weight is 417 g/mol. The Hall–Kier alpha value is -2.74. The van der Waals surface area contributed by atoms with Crippen LogP contribution < -0.4 is 10.9 Å². The highest BCUT2D eigenvalue weighted by Gasteiger charge is 2.18. The van der Waals surface area contributed by atoms with Gasteiger partial charge in [-0.05, 0) is 37.1 Å². The molecule has 0 saturated carbocycles. The summed E-state index contributed by atoms with van der Waals surface area (Å²) in [5, 5.41) is 3.39. The van der Waals surface area contributed by atoms with Crippen molar-refractivity contribution in [3.8, 4) is 5.69 Å². The van der Waals surface area contributed by atoms with Gasteiger partial charge in [0.2, 0.25) is 5.91 Å². The minimum atomic E-state index is -0.882. The summed E-state index contributed by atoms with van der Waals surface area (Å²) in [4.78, 5) is 29.8. The third kappa shape index (κ3) is 4.64. The number of nitrogens with zero attached hydrogens (tertiary/aromatic N) is 2. The van der Waals surface area contributed by atoms with Crippen LogP contribution in [0.1, 0.15) is 26.7 Å². The molecule has 2 aromatic carbocycles. The van der Waals surface area contributed by atoms with Crippen LogP contribution in [0.2, 0.25) is 0 Å². The Kier molecular flexibility index (Phi) is 6.64. The molecule has 0 aliphatic carbocycles. The second-order valence-corrected chi connectivity index (χ2v) is 7.46. The number of carbonyl (C=O) groups is 1. The molecular weight excluding hydrogens is 396 g/mol. The molecule has 0 radical (unpaired) electrons. The normalized spacial score (nSPS) is 11.2. The van der Waals surface area contributed by atoms with Crippen LogP contribution >= 0.6 is 11.8 Å². The summed E-state index contributed by atoms with van der Waals surface area (Å²) in [6, 6.07) is 9.76. The highest BCUT2D eigenvalue weighted by molar-refractivity contribution is 7.99. The monoisotopic (exact) mass is 417 g/mol. The Labute approximate surface area is 171 Å². The minimum Gasteiger partial charge on any atom is -0.353 e. The highest BCUT2D eigenvalue weighted by atomic mass is 32.2. The predicted molar refractivity (Wildman–Crippen MR) is 110 cm³/mol. The quantitative estimate of drug-likeness (QED) is 0.465. The molecule has 0 saturated heterocycles. The van der Waals surface area contributed by atoms with Crippen LogP contribution in [0.25, 0.3) is 16.6 Å². The molecule has 8 heteroatoms.